The number of aromatic nitrogens is 1. The van der Waals surface area contributed by atoms with Crippen LogP contribution in [0, 0.1) is 0 Å². The minimum absolute atomic E-state index is 0.0815. The standard InChI is InChI=1S/C16H15F3N2O2/c1-23-13-5-3-2-4-11(13)8-9-20-15(22)12-6-7-14(21-10-12)16(17,18)19/h2-7,10H,8-9H2,1H3,(H,20,22). The third kappa shape index (κ3) is 4.45. The molecule has 122 valence electrons. The van der Waals surface area contributed by atoms with Crippen LogP contribution in [0.25, 0.3) is 0 Å². The topological polar surface area (TPSA) is 51.2 Å². The molecule has 23 heavy (non-hydrogen) atoms. The zero-order chi connectivity index (χ0) is 16.9. The molecule has 2 rings (SSSR count). The number of methoxy groups -OCH3 is 1. The molecule has 2 aromatic rings. The summed E-state index contributed by atoms with van der Waals surface area (Å²) >= 11 is 0. The summed E-state index contributed by atoms with van der Waals surface area (Å²) in [5.41, 5.74) is -0.0121. The van der Waals surface area contributed by atoms with Gasteiger partial charge in [-0.2, -0.15) is 13.2 Å². The molecule has 0 aliphatic rings. The van der Waals surface area contributed by atoms with Crippen molar-refractivity contribution in [3.63, 3.8) is 0 Å². The number of rotatable bonds is 5. The second-order valence-corrected chi connectivity index (χ2v) is 4.75. The van der Waals surface area contributed by atoms with Crippen LogP contribution in [-0.2, 0) is 12.6 Å². The lowest BCUT2D eigenvalue weighted by Gasteiger charge is -2.09. The Morgan fingerprint density at radius 3 is 2.57 bits per heavy atom. The monoisotopic (exact) mass is 324 g/mol. The number of carbonyl (C=O) groups excluding carboxylic acids is 1. The van der Waals surface area contributed by atoms with E-state index in [9.17, 15) is 18.0 Å². The smallest absolute Gasteiger partial charge is 0.433 e. The second kappa shape index (κ2) is 7.13. The third-order valence-electron chi connectivity index (χ3n) is 3.19. The summed E-state index contributed by atoms with van der Waals surface area (Å²) in [5, 5.41) is 2.64. The molecule has 1 aromatic carbocycles. The van der Waals surface area contributed by atoms with E-state index in [4.69, 9.17) is 4.74 Å². The molecule has 1 aromatic heterocycles. The van der Waals surface area contributed by atoms with E-state index in [-0.39, 0.29) is 5.56 Å². The normalized spacial score (nSPS) is 11.1. The molecule has 0 atom stereocenters. The molecule has 1 N–H and O–H groups in total. The molecule has 0 aliphatic carbocycles. The Hall–Kier alpha value is -2.57. The van der Waals surface area contributed by atoms with E-state index in [0.29, 0.717) is 13.0 Å². The highest BCUT2D eigenvalue weighted by Crippen LogP contribution is 2.27. The zero-order valence-corrected chi connectivity index (χ0v) is 12.4. The van der Waals surface area contributed by atoms with Crippen molar-refractivity contribution < 1.29 is 22.7 Å². The molecule has 4 nitrogen and oxygen atoms in total. The summed E-state index contributed by atoms with van der Waals surface area (Å²) in [4.78, 5) is 15.1. The molecule has 1 heterocycles. The quantitative estimate of drug-likeness (QED) is 0.919. The summed E-state index contributed by atoms with van der Waals surface area (Å²) in [5.74, 6) is 0.249. The number of pyridine rings is 1. The fraction of sp³-hybridized carbons (Fsp3) is 0.250. The number of nitrogens with zero attached hydrogens (tertiary/aromatic N) is 1. The summed E-state index contributed by atoms with van der Waals surface area (Å²) in [6, 6.07) is 9.29. The first-order chi connectivity index (χ1) is 10.9. The Balaban J connectivity index is 1.92. The van der Waals surface area contributed by atoms with Crippen LogP contribution in [0.2, 0.25) is 0 Å². The molecule has 1 amide bonds. The first kappa shape index (κ1) is 16.8. The van der Waals surface area contributed by atoms with Gasteiger partial charge in [0, 0.05) is 12.7 Å². The number of carbonyl (C=O) groups is 1. The lowest BCUT2D eigenvalue weighted by atomic mass is 10.1. The molecular weight excluding hydrogens is 309 g/mol. The Kier molecular flexibility index (Phi) is 5.20. The van der Waals surface area contributed by atoms with Gasteiger partial charge in [-0.15, -0.1) is 0 Å². The van der Waals surface area contributed by atoms with Crippen LogP contribution in [0.4, 0.5) is 13.2 Å². The first-order valence-electron chi connectivity index (χ1n) is 6.85. The van der Waals surface area contributed by atoms with Gasteiger partial charge in [0.2, 0.25) is 0 Å². The Morgan fingerprint density at radius 2 is 1.96 bits per heavy atom. The number of alkyl halides is 3. The van der Waals surface area contributed by atoms with Crippen molar-refractivity contribution in [3.05, 3.63) is 59.4 Å². The minimum Gasteiger partial charge on any atom is -0.496 e. The number of para-hydroxylation sites is 1. The van der Waals surface area contributed by atoms with Crippen molar-refractivity contribution >= 4 is 5.91 Å². The Morgan fingerprint density at radius 1 is 1.22 bits per heavy atom. The van der Waals surface area contributed by atoms with Crippen LogP contribution in [0.15, 0.2) is 42.6 Å². The number of amides is 1. The van der Waals surface area contributed by atoms with Gasteiger partial charge in [0.15, 0.2) is 0 Å². The molecule has 0 unspecified atom stereocenters. The predicted octanol–water partition coefficient (Wildman–Crippen LogP) is 3.08. The molecule has 0 bridgehead atoms. The number of ether oxygens (including phenoxy) is 1. The van der Waals surface area contributed by atoms with Crippen LogP contribution in [0.1, 0.15) is 21.6 Å². The van der Waals surface area contributed by atoms with Crippen LogP contribution < -0.4 is 10.1 Å². The van der Waals surface area contributed by atoms with Crippen molar-refractivity contribution in [2.75, 3.05) is 13.7 Å². The fourth-order valence-electron chi connectivity index (χ4n) is 2.02. The van der Waals surface area contributed by atoms with Gasteiger partial charge >= 0.3 is 6.18 Å². The molecule has 0 aliphatic heterocycles. The van der Waals surface area contributed by atoms with Gasteiger partial charge in [-0.05, 0) is 30.2 Å². The van der Waals surface area contributed by atoms with E-state index in [1.54, 1.807) is 7.11 Å². The number of benzene rings is 1. The fourth-order valence-corrected chi connectivity index (χ4v) is 2.02. The first-order valence-corrected chi connectivity index (χ1v) is 6.85. The van der Waals surface area contributed by atoms with Gasteiger partial charge in [-0.1, -0.05) is 18.2 Å². The summed E-state index contributed by atoms with van der Waals surface area (Å²) in [6.07, 6.45) is -3.05. The number of hydrogen-bond donors (Lipinski definition) is 1. The van der Waals surface area contributed by atoms with Crippen molar-refractivity contribution in [2.45, 2.75) is 12.6 Å². The van der Waals surface area contributed by atoms with Gasteiger partial charge < -0.3 is 10.1 Å². The van der Waals surface area contributed by atoms with E-state index < -0.39 is 17.8 Å². The molecule has 0 fully saturated rings. The third-order valence-corrected chi connectivity index (χ3v) is 3.19. The lowest BCUT2D eigenvalue weighted by molar-refractivity contribution is -0.141. The lowest BCUT2D eigenvalue weighted by Crippen LogP contribution is -2.26. The number of nitrogens with one attached hydrogen (secondary N) is 1. The van der Waals surface area contributed by atoms with Crippen LogP contribution in [0.5, 0.6) is 5.75 Å². The summed E-state index contributed by atoms with van der Waals surface area (Å²) in [6.45, 7) is 0.334. The molecule has 0 saturated heterocycles. The summed E-state index contributed by atoms with van der Waals surface area (Å²) < 4.78 is 42.4. The molecule has 0 saturated carbocycles. The van der Waals surface area contributed by atoms with Gasteiger partial charge in [0.1, 0.15) is 11.4 Å². The number of hydrogen-bond acceptors (Lipinski definition) is 3. The van der Waals surface area contributed by atoms with E-state index >= 15 is 0 Å². The average Bonchev–Trinajstić information content (AvgIpc) is 2.54. The van der Waals surface area contributed by atoms with Crippen LogP contribution in [0.3, 0.4) is 0 Å². The van der Waals surface area contributed by atoms with Gasteiger partial charge in [-0.25, -0.2) is 0 Å². The second-order valence-electron chi connectivity index (χ2n) is 4.75. The minimum atomic E-state index is -4.52. The van der Waals surface area contributed by atoms with Crippen molar-refractivity contribution in [3.8, 4) is 5.75 Å². The van der Waals surface area contributed by atoms with Crippen molar-refractivity contribution in [2.24, 2.45) is 0 Å². The summed E-state index contributed by atoms with van der Waals surface area (Å²) in [7, 11) is 1.56. The highest BCUT2D eigenvalue weighted by Gasteiger charge is 2.32. The van der Waals surface area contributed by atoms with Gasteiger partial charge in [0.25, 0.3) is 5.91 Å². The molecular formula is C16H15F3N2O2. The SMILES string of the molecule is COc1ccccc1CCNC(=O)c1ccc(C(F)(F)F)nc1. The van der Waals surface area contributed by atoms with E-state index in [1.807, 2.05) is 24.3 Å². The van der Waals surface area contributed by atoms with Crippen molar-refractivity contribution in [1.29, 1.82) is 0 Å². The molecule has 0 spiro atoms. The number of halogens is 3. The van der Waals surface area contributed by atoms with Crippen LogP contribution >= 0.6 is 0 Å². The van der Waals surface area contributed by atoms with Gasteiger partial charge in [0.05, 0.1) is 12.7 Å². The van der Waals surface area contributed by atoms with Gasteiger partial charge in [-0.3, -0.25) is 9.78 Å². The average molecular weight is 324 g/mol. The predicted molar refractivity (Wildman–Crippen MR) is 78.3 cm³/mol. The highest BCUT2D eigenvalue weighted by molar-refractivity contribution is 5.93. The molecule has 7 heteroatoms. The maximum atomic E-state index is 12.4. The van der Waals surface area contributed by atoms with E-state index in [1.165, 1.54) is 0 Å². The Bertz CT molecular complexity index is 670. The highest BCUT2D eigenvalue weighted by atomic mass is 19.4. The van der Waals surface area contributed by atoms with E-state index in [2.05, 4.69) is 10.3 Å². The van der Waals surface area contributed by atoms with E-state index in [0.717, 1.165) is 29.6 Å². The Labute approximate surface area is 131 Å². The molecule has 0 radical (unpaired) electrons. The largest absolute Gasteiger partial charge is 0.496 e. The maximum Gasteiger partial charge on any atom is 0.433 e. The van der Waals surface area contributed by atoms with Crippen LogP contribution in [-0.4, -0.2) is 24.5 Å². The maximum absolute atomic E-state index is 12.4. The zero-order valence-electron chi connectivity index (χ0n) is 12.4. The van der Waals surface area contributed by atoms with Crippen molar-refractivity contribution in [1.82, 2.24) is 10.3 Å².